The number of halogens is 1. The topological polar surface area (TPSA) is 101 Å². The van der Waals surface area contributed by atoms with Gasteiger partial charge in [0.25, 0.3) is 0 Å². The van der Waals surface area contributed by atoms with Gasteiger partial charge in [-0.15, -0.1) is 5.10 Å². The van der Waals surface area contributed by atoms with Gasteiger partial charge >= 0.3 is 0 Å². The van der Waals surface area contributed by atoms with Crippen LogP contribution >= 0.6 is 15.9 Å². The Balaban J connectivity index is 1.95. The minimum Gasteiger partial charge on any atom is -0.393 e. The van der Waals surface area contributed by atoms with E-state index < -0.39 is 0 Å². The smallest absolute Gasteiger partial charge is 0.248 e. The third-order valence-electron chi connectivity index (χ3n) is 3.99. The molecule has 0 bridgehead atoms. The second-order valence-electron chi connectivity index (χ2n) is 6.31. The number of nitrogens with two attached hydrogens (primary N) is 1. The van der Waals surface area contributed by atoms with Gasteiger partial charge in [-0.05, 0) is 35.7 Å². The molecule has 3 aromatic heterocycles. The molecule has 0 aliphatic heterocycles. The van der Waals surface area contributed by atoms with Crippen molar-refractivity contribution in [2.45, 2.75) is 19.8 Å². The molecule has 0 aliphatic rings. The number of anilines is 2. The Morgan fingerprint density at radius 2 is 1.96 bits per heavy atom. The van der Waals surface area contributed by atoms with E-state index in [2.05, 4.69) is 60.6 Å². The summed E-state index contributed by atoms with van der Waals surface area (Å²) in [5.74, 6) is 1.71. The van der Waals surface area contributed by atoms with Crippen LogP contribution in [0.1, 0.15) is 30.9 Å². The summed E-state index contributed by atoms with van der Waals surface area (Å²) in [7, 11) is 1.82. The zero-order valence-electron chi connectivity index (χ0n) is 15.4. The van der Waals surface area contributed by atoms with Crippen molar-refractivity contribution in [3.05, 3.63) is 54.0 Å². The number of fused-ring (bicyclic) bond motifs is 1. The van der Waals surface area contributed by atoms with E-state index in [1.54, 1.807) is 12.4 Å². The van der Waals surface area contributed by atoms with Crippen LogP contribution in [0.25, 0.3) is 16.6 Å². The molecular weight excluding hydrogens is 406 g/mol. The Hall–Kier alpha value is -2.87. The van der Waals surface area contributed by atoms with Gasteiger partial charge in [0.1, 0.15) is 5.82 Å². The summed E-state index contributed by atoms with van der Waals surface area (Å²) in [5.41, 5.74) is 4.33. The van der Waals surface area contributed by atoms with E-state index in [9.17, 15) is 0 Å². The van der Waals surface area contributed by atoms with E-state index in [1.165, 1.54) is 0 Å². The molecule has 3 aromatic rings. The van der Waals surface area contributed by atoms with Gasteiger partial charge in [0.15, 0.2) is 5.82 Å². The summed E-state index contributed by atoms with van der Waals surface area (Å²) < 4.78 is 0.521. The van der Waals surface area contributed by atoms with Crippen LogP contribution in [0.15, 0.2) is 42.9 Å². The molecule has 0 unspecified atom stereocenters. The number of aromatic nitrogens is 4. The van der Waals surface area contributed by atoms with Crippen molar-refractivity contribution in [3.8, 4) is 0 Å². The first-order valence-electron chi connectivity index (χ1n) is 8.50. The number of hydrogen-bond acceptors (Lipinski definition) is 6. The summed E-state index contributed by atoms with van der Waals surface area (Å²) >= 11 is 3.33. The molecule has 138 valence electrons. The van der Waals surface area contributed by atoms with Gasteiger partial charge in [0.05, 0.1) is 22.8 Å². The van der Waals surface area contributed by atoms with Crippen molar-refractivity contribution < 1.29 is 5.41 Å². The molecule has 0 spiro atoms. The summed E-state index contributed by atoms with van der Waals surface area (Å²) in [4.78, 5) is 9.13. The standard InChI is InChI=1S/C19H20BrN7/c1-11(2)12-7-18(27-24-9-12)26-17-5-4-15-16(25-17)6-13(8-23-15)14(10-22-3)19(20)21/h4-11,21-22H,1-3H3,(H,25,26,27)/p+1/b14-10-,21-19?. The van der Waals surface area contributed by atoms with Crippen LogP contribution in [-0.4, -0.2) is 31.8 Å². The van der Waals surface area contributed by atoms with Gasteiger partial charge in [-0.2, -0.15) is 5.10 Å². The van der Waals surface area contributed by atoms with E-state index in [4.69, 9.17) is 5.41 Å². The molecule has 27 heavy (non-hydrogen) atoms. The lowest BCUT2D eigenvalue weighted by atomic mass is 10.1. The maximum Gasteiger partial charge on any atom is 0.248 e. The highest BCUT2D eigenvalue weighted by Crippen LogP contribution is 2.23. The van der Waals surface area contributed by atoms with Crippen LogP contribution in [-0.2, 0) is 0 Å². The predicted molar refractivity (Wildman–Crippen MR) is 112 cm³/mol. The number of nitrogens with zero attached hydrogens (tertiary/aromatic N) is 4. The quantitative estimate of drug-likeness (QED) is 0.523. The number of rotatable bonds is 6. The highest BCUT2D eigenvalue weighted by Gasteiger charge is 2.12. The van der Waals surface area contributed by atoms with Crippen molar-refractivity contribution in [3.63, 3.8) is 0 Å². The molecule has 0 atom stereocenters. The first-order chi connectivity index (χ1) is 13.0. The normalized spacial score (nSPS) is 11.7. The second kappa shape index (κ2) is 8.22. The van der Waals surface area contributed by atoms with E-state index in [1.807, 2.05) is 37.5 Å². The first kappa shape index (κ1) is 18.9. The maximum absolute atomic E-state index is 5.92. The molecule has 0 amide bonds. The molecule has 3 heterocycles. The van der Waals surface area contributed by atoms with Crippen molar-refractivity contribution in [2.75, 3.05) is 12.4 Å². The maximum atomic E-state index is 5.92. The van der Waals surface area contributed by atoms with Crippen LogP contribution in [0.4, 0.5) is 11.6 Å². The Labute approximate surface area is 166 Å². The largest absolute Gasteiger partial charge is 0.393 e. The van der Waals surface area contributed by atoms with Crippen LogP contribution < -0.4 is 16.0 Å². The molecule has 0 fully saturated rings. The average Bonchev–Trinajstić information content (AvgIpc) is 2.65. The fraction of sp³-hybridized carbons (Fsp3) is 0.211. The fourth-order valence-electron chi connectivity index (χ4n) is 2.55. The first-order valence-corrected chi connectivity index (χ1v) is 9.29. The minimum atomic E-state index is 0.376. The Morgan fingerprint density at radius 3 is 2.67 bits per heavy atom. The predicted octanol–water partition coefficient (Wildman–Crippen LogP) is 2.40. The summed E-state index contributed by atoms with van der Waals surface area (Å²) in [6.07, 6.45) is 5.35. The highest BCUT2D eigenvalue weighted by molar-refractivity contribution is 9.18. The van der Waals surface area contributed by atoms with Gasteiger partial charge in [-0.3, -0.25) is 4.98 Å². The van der Waals surface area contributed by atoms with Crippen LogP contribution in [0.3, 0.4) is 0 Å². The highest BCUT2D eigenvalue weighted by atomic mass is 79.9. The molecular formula is C19H21BrN7+. The van der Waals surface area contributed by atoms with E-state index in [0.29, 0.717) is 22.2 Å². The number of hydrogen-bond donors (Lipinski definition) is 3. The van der Waals surface area contributed by atoms with Gasteiger partial charge in [0, 0.05) is 40.9 Å². The van der Waals surface area contributed by atoms with Gasteiger partial charge in [0.2, 0.25) is 4.62 Å². The van der Waals surface area contributed by atoms with Gasteiger partial charge in [-0.25, -0.2) is 10.4 Å². The van der Waals surface area contributed by atoms with Crippen LogP contribution in [0.5, 0.6) is 0 Å². The molecule has 0 aliphatic carbocycles. The van der Waals surface area contributed by atoms with E-state index >= 15 is 0 Å². The fourth-order valence-corrected chi connectivity index (χ4v) is 2.89. The van der Waals surface area contributed by atoms with E-state index in [-0.39, 0.29) is 0 Å². The molecule has 0 saturated carbocycles. The minimum absolute atomic E-state index is 0.376. The summed E-state index contributed by atoms with van der Waals surface area (Å²) in [5, 5.41) is 20.3. The number of pyridine rings is 2. The second-order valence-corrected chi connectivity index (χ2v) is 7.16. The third kappa shape index (κ3) is 4.46. The lowest BCUT2D eigenvalue weighted by Gasteiger charge is -2.09. The summed E-state index contributed by atoms with van der Waals surface area (Å²) in [6.45, 7) is 4.23. The van der Waals surface area contributed by atoms with Crippen LogP contribution in [0.2, 0.25) is 0 Å². The van der Waals surface area contributed by atoms with Crippen LogP contribution in [0, 0.1) is 0 Å². The van der Waals surface area contributed by atoms with Gasteiger partial charge < -0.3 is 10.6 Å². The number of allylic oxidation sites excluding steroid dienone is 1. The third-order valence-corrected chi connectivity index (χ3v) is 4.42. The monoisotopic (exact) mass is 426 g/mol. The Kier molecular flexibility index (Phi) is 5.75. The molecule has 4 N–H and O–H groups in total. The SMILES string of the molecule is CN/C=C(\C(=[NH2+])Br)c1cnc2ccc(Nc3cc(C(C)C)cnn3)nc2c1. The van der Waals surface area contributed by atoms with E-state index in [0.717, 1.165) is 27.7 Å². The average molecular weight is 427 g/mol. The lowest BCUT2D eigenvalue weighted by Crippen LogP contribution is -2.36. The molecule has 8 heteroatoms. The molecule has 0 saturated heterocycles. The van der Waals surface area contributed by atoms with Crippen molar-refractivity contribution in [1.82, 2.24) is 25.5 Å². The zero-order chi connectivity index (χ0) is 19.4. The lowest BCUT2D eigenvalue weighted by molar-refractivity contribution is -0.105. The Bertz CT molecular complexity index is 1010. The zero-order valence-corrected chi connectivity index (χ0v) is 16.9. The van der Waals surface area contributed by atoms with Crippen molar-refractivity contribution >= 4 is 48.8 Å². The number of nitrogens with one attached hydrogen (secondary N) is 2. The molecule has 7 nitrogen and oxygen atoms in total. The summed E-state index contributed by atoms with van der Waals surface area (Å²) in [6, 6.07) is 7.71. The van der Waals surface area contributed by atoms with Gasteiger partial charge in [-0.1, -0.05) is 13.8 Å². The van der Waals surface area contributed by atoms with Crippen molar-refractivity contribution in [1.29, 1.82) is 0 Å². The molecule has 0 aromatic carbocycles. The molecule has 0 radical (unpaired) electrons. The molecule has 3 rings (SSSR count). The Morgan fingerprint density at radius 1 is 1.15 bits per heavy atom. The van der Waals surface area contributed by atoms with Crippen molar-refractivity contribution in [2.24, 2.45) is 0 Å².